The monoisotopic (exact) mass is 1280 g/mol. The van der Waals surface area contributed by atoms with Crippen molar-refractivity contribution >= 4 is 92.8 Å². The van der Waals surface area contributed by atoms with Crippen LogP contribution in [0.15, 0.2) is 103 Å². The Hall–Kier alpha value is -11.1. The van der Waals surface area contributed by atoms with Crippen molar-refractivity contribution in [2.45, 2.75) is 122 Å². The maximum atomic E-state index is 14.9. The van der Waals surface area contributed by atoms with Gasteiger partial charge in [-0.1, -0.05) is 49.9 Å². The fourth-order valence-electron chi connectivity index (χ4n) is 12.0. The van der Waals surface area contributed by atoms with E-state index in [1.54, 1.807) is 128 Å². The Balaban J connectivity index is 1.11. The first-order valence-corrected chi connectivity index (χ1v) is 31.7. The van der Waals surface area contributed by atoms with E-state index in [0.29, 0.717) is 114 Å². The molecular weight excluding hydrogens is 1200 g/mol. The molecule has 2 heterocycles. The number of carbonyl (C=O) groups is 8. The summed E-state index contributed by atoms with van der Waals surface area (Å²) in [5.41, 5.74) is 10.3. The molecule has 0 saturated carbocycles. The number of anilines is 8. The molecule has 9 N–H and O–H groups in total. The molecule has 0 fully saturated rings. The smallest absolute Gasteiger partial charge is 0.259 e. The van der Waals surface area contributed by atoms with Gasteiger partial charge in [0.1, 0.15) is 17.2 Å². The third-order valence-corrected chi connectivity index (χ3v) is 17.1. The molecule has 0 saturated heterocycles. The van der Waals surface area contributed by atoms with E-state index in [4.69, 9.17) is 9.47 Å². The molecule has 10 rings (SSSR count). The average Bonchev–Trinajstić information content (AvgIpc) is 0.816. The average molecular weight is 1280 g/mol. The number of hydrogen-bond acceptors (Lipinski definition) is 11. The number of benzene rings is 8. The van der Waals surface area contributed by atoms with Crippen molar-refractivity contribution in [3.05, 3.63) is 214 Å². The van der Waals surface area contributed by atoms with E-state index in [9.17, 15) is 43.5 Å². The molecule has 2 aliphatic heterocycles. The van der Waals surface area contributed by atoms with Crippen LogP contribution in [0.5, 0.6) is 17.2 Å². The van der Waals surface area contributed by atoms with Crippen LogP contribution in [0.3, 0.4) is 0 Å². The molecule has 0 aromatic heterocycles. The largest absolute Gasteiger partial charge is 0.506 e. The van der Waals surface area contributed by atoms with E-state index >= 15 is 0 Å². The predicted molar refractivity (Wildman–Crippen MR) is 372 cm³/mol. The van der Waals surface area contributed by atoms with Crippen LogP contribution in [0.25, 0.3) is 0 Å². The number of carbonyl (C=O) groups excluding carboxylic acids is 8. The molecule has 0 atom stereocenters. The summed E-state index contributed by atoms with van der Waals surface area (Å²) < 4.78 is 13.1. The number of hydrogen-bond donors (Lipinski definition) is 9. The number of fused-ring (bicyclic) bond motifs is 21. The van der Waals surface area contributed by atoms with Gasteiger partial charge >= 0.3 is 0 Å². The first kappa shape index (κ1) is 66.8. The third kappa shape index (κ3) is 15.1. The van der Waals surface area contributed by atoms with Gasteiger partial charge in [-0.3, -0.25) is 38.4 Å². The maximum Gasteiger partial charge on any atom is 0.259 e. The van der Waals surface area contributed by atoms with E-state index in [2.05, 4.69) is 42.5 Å². The molecule has 0 spiro atoms. The number of aromatic hydroxyl groups is 1. The summed E-state index contributed by atoms with van der Waals surface area (Å²) in [5.74, 6) is -5.55. The van der Waals surface area contributed by atoms with Gasteiger partial charge in [-0.05, 0) is 242 Å². The molecule has 488 valence electrons. The molecule has 8 amide bonds. The van der Waals surface area contributed by atoms with E-state index in [-0.39, 0.29) is 80.6 Å². The van der Waals surface area contributed by atoms with Gasteiger partial charge < -0.3 is 57.1 Å². The van der Waals surface area contributed by atoms with Gasteiger partial charge in [0.05, 0.1) is 46.6 Å². The summed E-state index contributed by atoms with van der Waals surface area (Å²) in [6.45, 7) is 21.6. The molecule has 0 radical (unpaired) electrons. The highest BCUT2D eigenvalue weighted by Crippen LogP contribution is 2.37. The van der Waals surface area contributed by atoms with Gasteiger partial charge in [-0.2, -0.15) is 0 Å². The van der Waals surface area contributed by atoms with E-state index < -0.39 is 53.0 Å². The number of rotatable bonds is 0. The second-order valence-electron chi connectivity index (χ2n) is 25.1. The van der Waals surface area contributed by atoms with Gasteiger partial charge in [-0.25, -0.2) is 0 Å². The summed E-state index contributed by atoms with van der Waals surface area (Å²) in [7, 11) is 0. The van der Waals surface area contributed by atoms with Crippen LogP contribution in [-0.4, -0.2) is 65.6 Å². The zero-order chi connectivity index (χ0) is 68.3. The van der Waals surface area contributed by atoms with Gasteiger partial charge in [-0.15, -0.1) is 0 Å². The van der Waals surface area contributed by atoms with Gasteiger partial charge in [0.2, 0.25) is 0 Å². The Labute approximate surface area is 552 Å². The third-order valence-electron chi connectivity index (χ3n) is 17.1. The Morgan fingerprint density at radius 1 is 0.253 bits per heavy atom. The van der Waals surface area contributed by atoms with Gasteiger partial charge in [0.15, 0.2) is 0 Å². The number of phenols is 1. The number of amides is 8. The van der Waals surface area contributed by atoms with Crippen molar-refractivity contribution in [1.82, 2.24) is 0 Å². The Bertz CT molecular complexity index is 4270. The number of nitrogens with one attached hydrogen (secondary N) is 8. The summed E-state index contributed by atoms with van der Waals surface area (Å²) in [6, 6.07) is 27.9. The van der Waals surface area contributed by atoms with E-state index in [1.807, 2.05) is 39.8 Å². The second kappa shape index (κ2) is 28.0. The van der Waals surface area contributed by atoms with Crippen molar-refractivity contribution in [2.75, 3.05) is 55.7 Å². The highest BCUT2D eigenvalue weighted by Gasteiger charge is 2.29. The van der Waals surface area contributed by atoms with Crippen molar-refractivity contribution in [3.8, 4) is 17.2 Å². The zero-order valence-electron chi connectivity index (χ0n) is 55.5. The molecule has 19 heteroatoms. The summed E-state index contributed by atoms with van der Waals surface area (Å²) >= 11 is 0. The molecule has 19 nitrogen and oxygen atoms in total. The Kier molecular flexibility index (Phi) is 19.7. The first-order valence-electron chi connectivity index (χ1n) is 31.7. The minimum Gasteiger partial charge on any atom is -0.506 e. The minimum atomic E-state index is -0.751. The lowest BCUT2D eigenvalue weighted by Gasteiger charge is -2.20. The molecular formula is C76H78N8O11. The van der Waals surface area contributed by atoms with Crippen LogP contribution in [0, 0.1) is 83.1 Å². The number of phenolic OH excluding ortho intramolecular Hbond substituents is 1. The van der Waals surface area contributed by atoms with Crippen LogP contribution in [0.2, 0.25) is 0 Å². The molecule has 8 aromatic rings. The molecule has 14 bridgehead atoms. The predicted octanol–water partition coefficient (Wildman–Crippen LogP) is 15.5. The van der Waals surface area contributed by atoms with Gasteiger partial charge in [0, 0.05) is 56.6 Å². The molecule has 8 aromatic carbocycles. The lowest BCUT2D eigenvalue weighted by Crippen LogP contribution is -2.21. The summed E-state index contributed by atoms with van der Waals surface area (Å²) in [6.07, 6.45) is 4.10. The fraction of sp³-hybridized carbons (Fsp3) is 0.263. The highest BCUT2D eigenvalue weighted by atomic mass is 16.5. The lowest BCUT2D eigenvalue weighted by molar-refractivity contribution is 0.0998. The summed E-state index contributed by atoms with van der Waals surface area (Å²) in [4.78, 5) is 117. The first-order chi connectivity index (χ1) is 45.2. The van der Waals surface area contributed by atoms with Crippen LogP contribution in [0.4, 0.5) is 45.5 Å². The zero-order valence-corrected chi connectivity index (χ0v) is 55.5. The normalized spacial score (nSPS) is 14.6. The number of ether oxygens (including phenoxy) is 2. The van der Waals surface area contributed by atoms with Crippen molar-refractivity contribution in [1.29, 1.82) is 0 Å². The topological polar surface area (TPSA) is 271 Å². The summed E-state index contributed by atoms with van der Waals surface area (Å²) in [5, 5.41) is 35.6. The fourth-order valence-corrected chi connectivity index (χ4v) is 12.0. The molecule has 0 unspecified atom stereocenters. The van der Waals surface area contributed by atoms with Crippen molar-refractivity contribution in [3.63, 3.8) is 0 Å². The Morgan fingerprint density at radius 2 is 0.463 bits per heavy atom. The molecule has 0 aliphatic carbocycles. The molecule has 95 heavy (non-hydrogen) atoms. The Morgan fingerprint density at radius 3 is 0.726 bits per heavy atom. The highest BCUT2D eigenvalue weighted by molar-refractivity contribution is 6.17. The standard InChI is InChI=1S/C76H78N8O11/c1-38-21-50-33-51(22-38)70(87)78-59-35-63(47(10)30-43(59)6)82-74(91)55-26-41(4)28-57-68(55)95-20-18-16-14-13-15-17-19-94-67-54(73(90)81-62-34-58(77-69(50)86)42(5)29-46(62)9)25-40(3)27-56(67)75(92)83-64-36-60(44(7)31-48(64)11)79-71(88)52-23-39(2)24-53(66(52)85)72(89)80-61-37-65(84-76(57)93)49(12)32-45(61)8/h21-37,85H,13-20H2,1-12H3,(H,77,86)(H,78,87)(H,79,88)(H,80,89)(H,81,90)(H,82,91)(H,83,92)(H,84,93). The minimum absolute atomic E-state index is 0.0203. The van der Waals surface area contributed by atoms with Crippen LogP contribution in [0.1, 0.15) is 188 Å². The van der Waals surface area contributed by atoms with Crippen molar-refractivity contribution in [2.24, 2.45) is 0 Å². The van der Waals surface area contributed by atoms with Crippen LogP contribution < -0.4 is 52.0 Å². The van der Waals surface area contributed by atoms with E-state index in [0.717, 1.165) is 25.7 Å². The maximum absolute atomic E-state index is 14.9. The van der Waals surface area contributed by atoms with Crippen LogP contribution >= 0.6 is 0 Å². The van der Waals surface area contributed by atoms with Gasteiger partial charge in [0.25, 0.3) is 47.3 Å². The van der Waals surface area contributed by atoms with Crippen molar-refractivity contribution < 1.29 is 52.9 Å². The van der Waals surface area contributed by atoms with Crippen LogP contribution in [-0.2, 0) is 0 Å². The number of aryl methyl sites for hydroxylation is 12. The van der Waals surface area contributed by atoms with E-state index in [1.165, 1.54) is 18.2 Å². The second-order valence-corrected chi connectivity index (χ2v) is 25.1. The lowest BCUT2D eigenvalue weighted by atomic mass is 10.0. The molecule has 2 aliphatic rings. The quantitative estimate of drug-likeness (QED) is 0.0689. The SMILES string of the molecule is Cc1cc2cc(c1)C(=O)Nc1cc(c(C)cc1C)NC(=O)c1cc(C)cc3c1OCCCCCCCCOc1c(cc(C)cc1C(=O)Nc1cc(c(C)cc1C)NC(=O)c1cc(C)cc(c1O)C(=O)Nc1cc(c(C)cc1C)NC3=O)C(=O)Nc1cc(c(C)cc1C)NC2=O.